The number of nitrogen functional groups attached to an aromatic ring is 1. The molecule has 2 N–H and O–H groups in total. The molecule has 0 aromatic heterocycles. The van der Waals surface area contributed by atoms with Gasteiger partial charge in [0.1, 0.15) is 0 Å². The number of likely N-dealkylation sites (tertiary alicyclic amines) is 1. The Balaban J connectivity index is 1.94. The van der Waals surface area contributed by atoms with E-state index in [1.165, 1.54) is 18.7 Å². The molecule has 0 amide bonds. The van der Waals surface area contributed by atoms with Crippen LogP contribution in [0.25, 0.3) is 0 Å². The van der Waals surface area contributed by atoms with Gasteiger partial charge in [0.15, 0.2) is 0 Å². The van der Waals surface area contributed by atoms with Crippen LogP contribution >= 0.6 is 0 Å². The van der Waals surface area contributed by atoms with E-state index in [-0.39, 0.29) is 0 Å². The highest BCUT2D eigenvalue weighted by Gasteiger charge is 2.32. The van der Waals surface area contributed by atoms with E-state index in [2.05, 4.69) is 37.8 Å². The standard InChI is InChI=1S/C14H22N2/c1-10(2)13-8-16(9-13)11(3)12-4-6-14(15)7-5-12/h4-7,10-11,13H,8-9,15H2,1-3H3. The first-order chi connectivity index (χ1) is 7.58. The van der Waals surface area contributed by atoms with E-state index in [0.717, 1.165) is 17.5 Å². The molecule has 88 valence electrons. The van der Waals surface area contributed by atoms with Crippen molar-refractivity contribution in [3.8, 4) is 0 Å². The van der Waals surface area contributed by atoms with Crippen LogP contribution in [-0.2, 0) is 0 Å². The molecule has 1 saturated heterocycles. The molecule has 2 nitrogen and oxygen atoms in total. The molecular weight excluding hydrogens is 196 g/mol. The summed E-state index contributed by atoms with van der Waals surface area (Å²) in [6.45, 7) is 9.39. The normalized spacial score (nSPS) is 19.8. The Morgan fingerprint density at radius 1 is 1.12 bits per heavy atom. The summed E-state index contributed by atoms with van der Waals surface area (Å²) in [7, 11) is 0. The molecule has 2 rings (SSSR count). The third-order valence-electron chi connectivity index (χ3n) is 3.85. The Labute approximate surface area is 98.4 Å². The average molecular weight is 218 g/mol. The summed E-state index contributed by atoms with van der Waals surface area (Å²) in [6.07, 6.45) is 0. The van der Waals surface area contributed by atoms with Gasteiger partial charge in [-0.3, -0.25) is 4.90 Å². The fraction of sp³-hybridized carbons (Fsp3) is 0.571. The second kappa shape index (κ2) is 4.46. The van der Waals surface area contributed by atoms with Gasteiger partial charge in [-0.1, -0.05) is 26.0 Å². The SMILES string of the molecule is CC(C)C1CN(C(C)c2ccc(N)cc2)C1. The van der Waals surface area contributed by atoms with E-state index in [1.54, 1.807) is 0 Å². The highest BCUT2D eigenvalue weighted by molar-refractivity contribution is 5.40. The van der Waals surface area contributed by atoms with Crippen molar-refractivity contribution in [1.29, 1.82) is 0 Å². The Bertz CT molecular complexity index is 336. The molecule has 0 aliphatic carbocycles. The summed E-state index contributed by atoms with van der Waals surface area (Å²) in [4.78, 5) is 2.54. The monoisotopic (exact) mass is 218 g/mol. The number of rotatable bonds is 3. The van der Waals surface area contributed by atoms with Crippen molar-refractivity contribution < 1.29 is 0 Å². The number of hydrogen-bond acceptors (Lipinski definition) is 2. The van der Waals surface area contributed by atoms with Crippen molar-refractivity contribution in [2.24, 2.45) is 11.8 Å². The van der Waals surface area contributed by atoms with Gasteiger partial charge in [-0.05, 0) is 36.5 Å². The Morgan fingerprint density at radius 3 is 2.19 bits per heavy atom. The zero-order valence-corrected chi connectivity index (χ0v) is 10.5. The summed E-state index contributed by atoms with van der Waals surface area (Å²) in [5.41, 5.74) is 7.92. The smallest absolute Gasteiger partial charge is 0.0320 e. The van der Waals surface area contributed by atoms with Crippen LogP contribution in [0.1, 0.15) is 32.4 Å². The van der Waals surface area contributed by atoms with E-state index in [9.17, 15) is 0 Å². The van der Waals surface area contributed by atoms with Crippen LogP contribution in [0.15, 0.2) is 24.3 Å². The maximum Gasteiger partial charge on any atom is 0.0320 e. The van der Waals surface area contributed by atoms with Crippen LogP contribution in [0, 0.1) is 11.8 Å². The van der Waals surface area contributed by atoms with E-state index >= 15 is 0 Å². The quantitative estimate of drug-likeness (QED) is 0.790. The van der Waals surface area contributed by atoms with Crippen molar-refractivity contribution >= 4 is 5.69 Å². The van der Waals surface area contributed by atoms with E-state index in [4.69, 9.17) is 5.73 Å². The second-order valence-electron chi connectivity index (χ2n) is 5.30. The molecule has 0 saturated carbocycles. The lowest BCUT2D eigenvalue weighted by atomic mass is 9.86. The van der Waals surface area contributed by atoms with Crippen molar-refractivity contribution in [1.82, 2.24) is 4.90 Å². The minimum atomic E-state index is 0.524. The number of nitrogens with zero attached hydrogens (tertiary/aromatic N) is 1. The Kier molecular flexibility index (Phi) is 3.20. The molecule has 1 aliphatic rings. The minimum Gasteiger partial charge on any atom is -0.399 e. The molecule has 16 heavy (non-hydrogen) atoms. The summed E-state index contributed by atoms with van der Waals surface area (Å²) in [5.74, 6) is 1.70. The molecule has 1 fully saturated rings. The van der Waals surface area contributed by atoms with Gasteiger partial charge in [-0.25, -0.2) is 0 Å². The molecule has 0 bridgehead atoms. The Hall–Kier alpha value is -1.02. The van der Waals surface area contributed by atoms with E-state index < -0.39 is 0 Å². The molecule has 1 aliphatic heterocycles. The van der Waals surface area contributed by atoms with Crippen LogP contribution in [-0.4, -0.2) is 18.0 Å². The topological polar surface area (TPSA) is 29.3 Å². The second-order valence-corrected chi connectivity index (χ2v) is 5.30. The molecule has 1 unspecified atom stereocenters. The van der Waals surface area contributed by atoms with Crippen molar-refractivity contribution in [3.63, 3.8) is 0 Å². The van der Waals surface area contributed by atoms with E-state index in [0.29, 0.717) is 6.04 Å². The largest absolute Gasteiger partial charge is 0.399 e. The number of anilines is 1. The molecular formula is C14H22N2. The van der Waals surface area contributed by atoms with Gasteiger partial charge in [0.25, 0.3) is 0 Å². The minimum absolute atomic E-state index is 0.524. The number of nitrogens with two attached hydrogens (primary N) is 1. The zero-order chi connectivity index (χ0) is 11.7. The van der Waals surface area contributed by atoms with Crippen LogP contribution in [0.2, 0.25) is 0 Å². The average Bonchev–Trinajstić information content (AvgIpc) is 2.15. The van der Waals surface area contributed by atoms with Gasteiger partial charge in [0.05, 0.1) is 0 Å². The first-order valence-electron chi connectivity index (χ1n) is 6.17. The lowest BCUT2D eigenvalue weighted by Gasteiger charge is -2.45. The lowest BCUT2D eigenvalue weighted by Crippen LogP contribution is -2.49. The highest BCUT2D eigenvalue weighted by Crippen LogP contribution is 2.31. The first kappa shape index (κ1) is 11.5. The van der Waals surface area contributed by atoms with E-state index in [1.807, 2.05) is 12.1 Å². The summed E-state index contributed by atoms with van der Waals surface area (Å²) >= 11 is 0. The highest BCUT2D eigenvalue weighted by atomic mass is 15.2. The van der Waals surface area contributed by atoms with Crippen molar-refractivity contribution in [2.75, 3.05) is 18.8 Å². The van der Waals surface area contributed by atoms with Crippen LogP contribution in [0.3, 0.4) is 0 Å². The maximum absolute atomic E-state index is 5.70. The number of hydrogen-bond donors (Lipinski definition) is 1. The molecule has 1 heterocycles. The third-order valence-corrected chi connectivity index (χ3v) is 3.85. The van der Waals surface area contributed by atoms with Gasteiger partial charge >= 0.3 is 0 Å². The molecule has 1 aromatic carbocycles. The van der Waals surface area contributed by atoms with Gasteiger partial charge in [-0.2, -0.15) is 0 Å². The van der Waals surface area contributed by atoms with Gasteiger partial charge in [0.2, 0.25) is 0 Å². The summed E-state index contributed by atoms with van der Waals surface area (Å²) < 4.78 is 0. The van der Waals surface area contributed by atoms with Gasteiger partial charge in [-0.15, -0.1) is 0 Å². The molecule has 2 heteroatoms. The molecule has 0 radical (unpaired) electrons. The van der Waals surface area contributed by atoms with Gasteiger partial charge < -0.3 is 5.73 Å². The van der Waals surface area contributed by atoms with Crippen LogP contribution < -0.4 is 5.73 Å². The van der Waals surface area contributed by atoms with Crippen molar-refractivity contribution in [2.45, 2.75) is 26.8 Å². The van der Waals surface area contributed by atoms with Crippen LogP contribution in [0.4, 0.5) is 5.69 Å². The third kappa shape index (κ3) is 2.22. The fourth-order valence-corrected chi connectivity index (χ4v) is 2.27. The molecule has 1 aromatic rings. The van der Waals surface area contributed by atoms with Crippen molar-refractivity contribution in [3.05, 3.63) is 29.8 Å². The summed E-state index contributed by atoms with van der Waals surface area (Å²) in [6, 6.07) is 8.79. The summed E-state index contributed by atoms with van der Waals surface area (Å²) in [5, 5.41) is 0. The fourth-order valence-electron chi connectivity index (χ4n) is 2.27. The zero-order valence-electron chi connectivity index (χ0n) is 10.5. The van der Waals surface area contributed by atoms with Gasteiger partial charge in [0, 0.05) is 24.8 Å². The first-order valence-corrected chi connectivity index (χ1v) is 6.17. The maximum atomic E-state index is 5.70. The number of benzene rings is 1. The predicted molar refractivity (Wildman–Crippen MR) is 69.2 cm³/mol. The molecule has 0 spiro atoms. The predicted octanol–water partition coefficient (Wildman–Crippen LogP) is 2.92. The van der Waals surface area contributed by atoms with Crippen LogP contribution in [0.5, 0.6) is 0 Å². The lowest BCUT2D eigenvalue weighted by molar-refractivity contribution is 0.0337. The Morgan fingerprint density at radius 2 is 1.69 bits per heavy atom. The molecule has 1 atom stereocenters.